The third-order valence-corrected chi connectivity index (χ3v) is 5.55. The second kappa shape index (κ2) is 7.62. The highest BCUT2D eigenvalue weighted by molar-refractivity contribution is 5.77. The number of piperidine rings is 1. The summed E-state index contributed by atoms with van der Waals surface area (Å²) in [6.45, 7) is 5.57. The number of primary amides is 1. The normalized spacial score (nSPS) is 25.9. The first-order valence-electron chi connectivity index (χ1n) is 8.91. The van der Waals surface area contributed by atoms with Crippen LogP contribution in [0.5, 0.6) is 0 Å². The van der Waals surface area contributed by atoms with Crippen molar-refractivity contribution in [1.29, 1.82) is 0 Å². The van der Waals surface area contributed by atoms with Crippen LogP contribution >= 0.6 is 0 Å². The minimum absolute atomic E-state index is 0.0124. The van der Waals surface area contributed by atoms with Crippen molar-refractivity contribution in [2.24, 2.45) is 17.6 Å². The maximum Gasteiger partial charge on any atom is 0.223 e. The molecule has 3 rings (SSSR count). The van der Waals surface area contributed by atoms with E-state index in [0.29, 0.717) is 12.5 Å². The molecule has 1 aromatic carbocycles. The second-order valence-electron chi connectivity index (χ2n) is 7.23. The van der Waals surface area contributed by atoms with Gasteiger partial charge in [0.05, 0.1) is 12.0 Å². The zero-order chi connectivity index (χ0) is 17.1. The van der Waals surface area contributed by atoms with Gasteiger partial charge < -0.3 is 10.5 Å². The molecule has 2 saturated heterocycles. The molecule has 0 saturated carbocycles. The van der Waals surface area contributed by atoms with Crippen molar-refractivity contribution in [2.75, 3.05) is 19.7 Å². The van der Waals surface area contributed by atoms with Crippen LogP contribution in [0.3, 0.4) is 0 Å². The Kier molecular flexibility index (Phi) is 5.51. The number of likely N-dealkylation sites (tertiary alicyclic amines) is 1. The van der Waals surface area contributed by atoms with Gasteiger partial charge in [-0.15, -0.1) is 0 Å². The maximum atomic E-state index is 13.2. The summed E-state index contributed by atoms with van der Waals surface area (Å²) in [6.07, 6.45) is 3.95. The summed E-state index contributed by atoms with van der Waals surface area (Å²) in [5.41, 5.74) is 7.68. The van der Waals surface area contributed by atoms with Crippen LogP contribution in [0.4, 0.5) is 4.39 Å². The fraction of sp³-hybridized carbons (Fsp3) is 0.632. The van der Waals surface area contributed by atoms with Crippen molar-refractivity contribution in [2.45, 2.75) is 45.3 Å². The van der Waals surface area contributed by atoms with E-state index in [2.05, 4.69) is 4.90 Å². The molecule has 5 heteroatoms. The Morgan fingerprint density at radius 1 is 1.33 bits per heavy atom. The van der Waals surface area contributed by atoms with E-state index in [1.165, 1.54) is 11.6 Å². The van der Waals surface area contributed by atoms with Crippen molar-refractivity contribution in [1.82, 2.24) is 4.90 Å². The molecule has 2 heterocycles. The smallest absolute Gasteiger partial charge is 0.223 e. The van der Waals surface area contributed by atoms with Crippen molar-refractivity contribution in [3.8, 4) is 0 Å². The van der Waals surface area contributed by atoms with Crippen molar-refractivity contribution in [3.63, 3.8) is 0 Å². The highest BCUT2D eigenvalue weighted by atomic mass is 19.1. The van der Waals surface area contributed by atoms with Gasteiger partial charge >= 0.3 is 0 Å². The quantitative estimate of drug-likeness (QED) is 0.900. The molecule has 0 unspecified atom stereocenters. The molecule has 132 valence electrons. The Balaban J connectivity index is 1.48. The molecule has 0 aliphatic carbocycles. The summed E-state index contributed by atoms with van der Waals surface area (Å²) >= 11 is 0. The van der Waals surface area contributed by atoms with Crippen LogP contribution in [0, 0.1) is 24.6 Å². The van der Waals surface area contributed by atoms with Gasteiger partial charge in [0.25, 0.3) is 0 Å². The number of rotatable bonds is 5. The SMILES string of the molecule is Cc1cc(F)ccc1CN1CCC(C[C@H]2OCC[C@H]2C(N)=O)CC1. The lowest BCUT2D eigenvalue weighted by Gasteiger charge is -2.33. The molecule has 2 aliphatic heterocycles. The topological polar surface area (TPSA) is 55.6 Å². The van der Waals surface area contributed by atoms with E-state index >= 15 is 0 Å². The molecule has 1 amide bonds. The Bertz CT molecular complexity index is 585. The number of ether oxygens (including phenoxy) is 1. The van der Waals surface area contributed by atoms with Crippen molar-refractivity contribution in [3.05, 3.63) is 35.1 Å². The third-order valence-electron chi connectivity index (χ3n) is 5.55. The first kappa shape index (κ1) is 17.4. The maximum absolute atomic E-state index is 13.2. The minimum atomic E-state index is -0.221. The molecule has 0 aromatic heterocycles. The number of nitrogens with zero attached hydrogens (tertiary/aromatic N) is 1. The lowest BCUT2D eigenvalue weighted by molar-refractivity contribution is -0.123. The van der Waals surface area contributed by atoms with E-state index in [0.717, 1.165) is 50.9 Å². The first-order chi connectivity index (χ1) is 11.5. The number of carbonyl (C=O) groups is 1. The van der Waals surface area contributed by atoms with E-state index in [1.807, 2.05) is 13.0 Å². The molecule has 24 heavy (non-hydrogen) atoms. The van der Waals surface area contributed by atoms with Gasteiger partial charge in [-0.2, -0.15) is 0 Å². The molecule has 2 N–H and O–H groups in total. The summed E-state index contributed by atoms with van der Waals surface area (Å²) in [5.74, 6) is 0.0997. The van der Waals surface area contributed by atoms with E-state index in [-0.39, 0.29) is 23.7 Å². The largest absolute Gasteiger partial charge is 0.377 e. The van der Waals surface area contributed by atoms with Crippen LogP contribution in [0.1, 0.15) is 36.8 Å². The van der Waals surface area contributed by atoms with Crippen LogP contribution in [-0.4, -0.2) is 36.6 Å². The first-order valence-corrected chi connectivity index (χ1v) is 8.91. The van der Waals surface area contributed by atoms with Crippen molar-refractivity contribution < 1.29 is 13.9 Å². The average molecular weight is 334 g/mol. The van der Waals surface area contributed by atoms with Gasteiger partial charge in [0.15, 0.2) is 0 Å². The van der Waals surface area contributed by atoms with Gasteiger partial charge in [0.2, 0.25) is 5.91 Å². The molecular weight excluding hydrogens is 307 g/mol. The van der Waals surface area contributed by atoms with Gasteiger partial charge in [-0.05, 0) is 74.9 Å². The molecule has 0 bridgehead atoms. The predicted octanol–water partition coefficient (Wildman–Crippen LogP) is 2.63. The summed E-state index contributed by atoms with van der Waals surface area (Å²) < 4.78 is 18.9. The van der Waals surface area contributed by atoms with E-state index < -0.39 is 0 Å². The molecule has 0 radical (unpaired) electrons. The number of nitrogens with two attached hydrogens (primary N) is 1. The van der Waals surface area contributed by atoms with E-state index in [1.54, 1.807) is 6.07 Å². The highest BCUT2D eigenvalue weighted by Gasteiger charge is 2.35. The number of benzene rings is 1. The summed E-state index contributed by atoms with van der Waals surface area (Å²) in [7, 11) is 0. The summed E-state index contributed by atoms with van der Waals surface area (Å²) in [4.78, 5) is 13.9. The van der Waals surface area contributed by atoms with Crippen LogP contribution in [0.2, 0.25) is 0 Å². The number of hydrogen-bond acceptors (Lipinski definition) is 3. The molecule has 2 aliphatic rings. The number of hydrogen-bond donors (Lipinski definition) is 1. The van der Waals surface area contributed by atoms with Gasteiger partial charge in [0, 0.05) is 13.2 Å². The lowest BCUT2D eigenvalue weighted by atomic mass is 9.86. The number of amides is 1. The Hall–Kier alpha value is -1.46. The van der Waals surface area contributed by atoms with Gasteiger partial charge in [-0.3, -0.25) is 9.69 Å². The number of halogens is 1. The fourth-order valence-corrected chi connectivity index (χ4v) is 3.99. The summed E-state index contributed by atoms with van der Waals surface area (Å²) in [5, 5.41) is 0. The lowest BCUT2D eigenvalue weighted by Crippen LogP contribution is -2.36. The molecular formula is C19H27FN2O2. The van der Waals surface area contributed by atoms with E-state index in [9.17, 15) is 9.18 Å². The molecule has 2 atom stereocenters. The van der Waals surface area contributed by atoms with Crippen LogP contribution in [-0.2, 0) is 16.1 Å². The van der Waals surface area contributed by atoms with E-state index in [4.69, 9.17) is 10.5 Å². The molecule has 2 fully saturated rings. The van der Waals surface area contributed by atoms with Crippen molar-refractivity contribution >= 4 is 5.91 Å². The molecule has 1 aromatic rings. The number of aryl methyl sites for hydroxylation is 1. The fourth-order valence-electron chi connectivity index (χ4n) is 3.99. The Labute approximate surface area is 143 Å². The zero-order valence-electron chi connectivity index (χ0n) is 14.3. The second-order valence-corrected chi connectivity index (χ2v) is 7.23. The molecule has 0 spiro atoms. The van der Waals surface area contributed by atoms with Gasteiger partial charge in [0.1, 0.15) is 5.82 Å². The number of carbonyl (C=O) groups excluding carboxylic acids is 1. The standard InChI is InChI=1S/C19H27FN2O2/c1-13-10-16(20)3-2-15(13)12-22-7-4-14(5-8-22)11-18-17(19(21)23)6-9-24-18/h2-3,10,14,17-18H,4-9,11-12H2,1H3,(H2,21,23)/t17-,18-/m1/s1. The van der Waals surface area contributed by atoms with Gasteiger partial charge in [-0.1, -0.05) is 6.07 Å². The van der Waals surface area contributed by atoms with Gasteiger partial charge in [-0.25, -0.2) is 4.39 Å². The van der Waals surface area contributed by atoms with Crippen LogP contribution in [0.25, 0.3) is 0 Å². The Morgan fingerprint density at radius 3 is 2.75 bits per heavy atom. The van der Waals surface area contributed by atoms with Crippen LogP contribution < -0.4 is 5.73 Å². The summed E-state index contributed by atoms with van der Waals surface area (Å²) in [6, 6.07) is 5.03. The zero-order valence-corrected chi connectivity index (χ0v) is 14.3. The highest BCUT2D eigenvalue weighted by Crippen LogP contribution is 2.31. The monoisotopic (exact) mass is 334 g/mol. The average Bonchev–Trinajstić information content (AvgIpc) is 3.00. The predicted molar refractivity (Wildman–Crippen MR) is 90.8 cm³/mol. The van der Waals surface area contributed by atoms with Crippen LogP contribution in [0.15, 0.2) is 18.2 Å². The molecule has 4 nitrogen and oxygen atoms in total. The Morgan fingerprint density at radius 2 is 2.08 bits per heavy atom. The third kappa shape index (κ3) is 4.14. The minimum Gasteiger partial charge on any atom is -0.377 e.